The average molecular weight is 163 g/mol. The molecule has 0 atom stereocenters. The van der Waals surface area contributed by atoms with Crippen LogP contribution < -0.4 is 0 Å². The molecular weight excluding hydrogens is 152 g/mol. The van der Waals surface area contributed by atoms with Crippen LogP contribution in [0.4, 0.5) is 0 Å². The van der Waals surface area contributed by atoms with Crippen molar-refractivity contribution in [2.75, 3.05) is 0 Å². The average Bonchev–Trinajstić information content (AvgIpc) is 1.58. The third-order valence-electron chi connectivity index (χ3n) is 0.706. The van der Waals surface area contributed by atoms with E-state index in [1.54, 1.807) is 6.08 Å². The van der Waals surface area contributed by atoms with Gasteiger partial charge in [0.15, 0.2) is 5.22 Å². The molecule has 0 saturated carbocycles. The second-order valence-electron chi connectivity index (χ2n) is 2.31. The number of carbonyl (C=O) groups is 1. The van der Waals surface area contributed by atoms with Gasteiger partial charge in [0, 0.05) is 6.92 Å². The summed E-state index contributed by atoms with van der Waals surface area (Å²) in [5.74, 6) is -0.0891. The molecule has 0 spiro atoms. The first kappa shape index (κ1) is 9.50. The highest BCUT2D eigenvalue weighted by Crippen LogP contribution is 2.07. The summed E-state index contributed by atoms with van der Waals surface area (Å²) in [4.78, 5) is 10.3. The van der Waals surface area contributed by atoms with Crippen LogP contribution in [-0.4, -0.2) is 5.97 Å². The summed E-state index contributed by atoms with van der Waals surface area (Å²) < 4.78 is 4.55. The fourth-order valence-electron chi connectivity index (χ4n) is 0.433. The van der Waals surface area contributed by atoms with Crippen LogP contribution in [-0.2, 0) is 9.53 Å². The summed E-state index contributed by atoms with van der Waals surface area (Å²) in [6, 6.07) is 0. The molecule has 0 amide bonds. The van der Waals surface area contributed by atoms with E-state index in [1.165, 1.54) is 6.92 Å². The lowest BCUT2D eigenvalue weighted by Crippen LogP contribution is -1.95. The summed E-state index contributed by atoms with van der Waals surface area (Å²) in [5, 5.41) is 0.155. The monoisotopic (exact) mass is 162 g/mol. The molecule has 0 aliphatic carbocycles. The zero-order valence-electron chi connectivity index (χ0n) is 6.35. The van der Waals surface area contributed by atoms with Crippen molar-refractivity contribution in [3.05, 3.63) is 11.3 Å². The van der Waals surface area contributed by atoms with Crippen LogP contribution in [0.1, 0.15) is 20.8 Å². The van der Waals surface area contributed by atoms with E-state index in [9.17, 15) is 4.79 Å². The fourth-order valence-corrected chi connectivity index (χ4v) is 0.794. The standard InChI is InChI=1S/C7H11ClO2/c1-5(2)4-7(8)10-6(3)9/h4-5H,1-3H3/b7-4-. The number of hydrogen-bond acceptors (Lipinski definition) is 2. The number of ether oxygens (including phenoxy) is 1. The van der Waals surface area contributed by atoms with Gasteiger partial charge >= 0.3 is 5.97 Å². The largest absolute Gasteiger partial charge is 0.415 e. The van der Waals surface area contributed by atoms with Crippen LogP contribution >= 0.6 is 11.6 Å². The second-order valence-corrected chi connectivity index (χ2v) is 2.68. The van der Waals surface area contributed by atoms with E-state index in [-0.39, 0.29) is 11.2 Å². The zero-order chi connectivity index (χ0) is 8.15. The van der Waals surface area contributed by atoms with Gasteiger partial charge in [-0.25, -0.2) is 0 Å². The molecule has 0 fully saturated rings. The molecular formula is C7H11ClO2. The lowest BCUT2D eigenvalue weighted by molar-refractivity contribution is -0.135. The Morgan fingerprint density at radius 1 is 1.60 bits per heavy atom. The first-order valence-electron chi connectivity index (χ1n) is 3.08. The Bertz CT molecular complexity index is 150. The Morgan fingerprint density at radius 2 is 2.10 bits per heavy atom. The smallest absolute Gasteiger partial charge is 0.308 e. The van der Waals surface area contributed by atoms with Crippen LogP contribution in [0.5, 0.6) is 0 Å². The van der Waals surface area contributed by atoms with Crippen molar-refractivity contribution in [2.45, 2.75) is 20.8 Å². The number of esters is 1. The van der Waals surface area contributed by atoms with Crippen molar-refractivity contribution in [2.24, 2.45) is 5.92 Å². The van der Waals surface area contributed by atoms with E-state index in [0.717, 1.165) is 0 Å². The van der Waals surface area contributed by atoms with Crippen LogP contribution in [0.3, 0.4) is 0 Å². The number of carbonyl (C=O) groups excluding carboxylic acids is 1. The predicted octanol–water partition coefficient (Wildman–Crippen LogP) is 2.29. The molecule has 0 bridgehead atoms. The summed E-state index contributed by atoms with van der Waals surface area (Å²) in [6.45, 7) is 5.22. The molecule has 0 N–H and O–H groups in total. The minimum Gasteiger partial charge on any atom is -0.415 e. The Balaban J connectivity index is 3.82. The molecule has 0 saturated heterocycles. The van der Waals surface area contributed by atoms with E-state index in [0.29, 0.717) is 5.92 Å². The maximum Gasteiger partial charge on any atom is 0.308 e. The summed E-state index contributed by atoms with van der Waals surface area (Å²) in [7, 11) is 0. The highest BCUT2D eigenvalue weighted by atomic mass is 35.5. The maximum absolute atomic E-state index is 10.3. The van der Waals surface area contributed by atoms with Gasteiger partial charge in [-0.1, -0.05) is 13.8 Å². The molecule has 0 aliphatic heterocycles. The summed E-state index contributed by atoms with van der Waals surface area (Å²) in [5.41, 5.74) is 0. The number of hydrogen-bond donors (Lipinski definition) is 0. The van der Waals surface area contributed by atoms with Crippen molar-refractivity contribution in [3.63, 3.8) is 0 Å². The highest BCUT2D eigenvalue weighted by molar-refractivity contribution is 6.28. The van der Waals surface area contributed by atoms with Gasteiger partial charge < -0.3 is 4.74 Å². The molecule has 10 heavy (non-hydrogen) atoms. The van der Waals surface area contributed by atoms with Crippen LogP contribution in [0, 0.1) is 5.92 Å². The normalized spacial score (nSPS) is 11.9. The Kier molecular flexibility index (Phi) is 4.12. The van der Waals surface area contributed by atoms with Crippen molar-refractivity contribution in [1.82, 2.24) is 0 Å². The third kappa shape index (κ3) is 5.63. The molecule has 0 radical (unpaired) electrons. The van der Waals surface area contributed by atoms with Gasteiger partial charge in [0.25, 0.3) is 0 Å². The van der Waals surface area contributed by atoms with E-state index < -0.39 is 0 Å². The van der Waals surface area contributed by atoms with Gasteiger partial charge in [-0.15, -0.1) is 0 Å². The number of rotatable bonds is 2. The molecule has 58 valence electrons. The first-order valence-corrected chi connectivity index (χ1v) is 3.46. The Hall–Kier alpha value is -0.500. The highest BCUT2D eigenvalue weighted by Gasteiger charge is 1.97. The SMILES string of the molecule is CC(=O)O/C(Cl)=C\C(C)C. The Labute approximate surface area is 65.8 Å². The molecule has 0 aliphatic rings. The van der Waals surface area contributed by atoms with Crippen molar-refractivity contribution >= 4 is 17.6 Å². The van der Waals surface area contributed by atoms with Gasteiger partial charge in [0.1, 0.15) is 0 Å². The number of allylic oxidation sites excluding steroid dienone is 1. The minimum atomic E-state index is -0.387. The van der Waals surface area contributed by atoms with E-state index >= 15 is 0 Å². The maximum atomic E-state index is 10.3. The molecule has 0 aromatic carbocycles. The summed E-state index contributed by atoms with van der Waals surface area (Å²) in [6.07, 6.45) is 1.67. The summed E-state index contributed by atoms with van der Waals surface area (Å²) >= 11 is 5.49. The van der Waals surface area contributed by atoms with Gasteiger partial charge in [-0.3, -0.25) is 4.79 Å². The first-order chi connectivity index (χ1) is 4.52. The zero-order valence-corrected chi connectivity index (χ0v) is 7.11. The van der Waals surface area contributed by atoms with E-state index in [4.69, 9.17) is 11.6 Å². The lowest BCUT2D eigenvalue weighted by Gasteiger charge is -1.99. The van der Waals surface area contributed by atoms with Crippen LogP contribution in [0.25, 0.3) is 0 Å². The Morgan fingerprint density at radius 3 is 2.40 bits per heavy atom. The van der Waals surface area contributed by atoms with Gasteiger partial charge in [0.2, 0.25) is 0 Å². The lowest BCUT2D eigenvalue weighted by atomic mass is 10.2. The molecule has 0 aromatic rings. The number of halogens is 1. The van der Waals surface area contributed by atoms with Crippen LogP contribution in [0.2, 0.25) is 0 Å². The van der Waals surface area contributed by atoms with Gasteiger partial charge in [0.05, 0.1) is 0 Å². The predicted molar refractivity (Wildman–Crippen MR) is 40.5 cm³/mol. The molecule has 0 heterocycles. The van der Waals surface area contributed by atoms with Crippen molar-refractivity contribution in [1.29, 1.82) is 0 Å². The fraction of sp³-hybridized carbons (Fsp3) is 0.571. The molecule has 2 nitrogen and oxygen atoms in total. The topological polar surface area (TPSA) is 26.3 Å². The minimum absolute atomic E-state index is 0.155. The third-order valence-corrected chi connectivity index (χ3v) is 0.909. The van der Waals surface area contributed by atoms with Gasteiger partial charge in [-0.05, 0) is 23.6 Å². The van der Waals surface area contributed by atoms with Crippen molar-refractivity contribution < 1.29 is 9.53 Å². The molecule has 0 rings (SSSR count). The quantitative estimate of drug-likeness (QED) is 0.460. The second kappa shape index (κ2) is 4.34. The van der Waals surface area contributed by atoms with Gasteiger partial charge in [-0.2, -0.15) is 0 Å². The van der Waals surface area contributed by atoms with Crippen molar-refractivity contribution in [3.8, 4) is 0 Å². The molecule has 0 aromatic heterocycles. The molecule has 0 unspecified atom stereocenters. The molecule has 3 heteroatoms. The van der Waals surface area contributed by atoms with E-state index in [1.807, 2.05) is 13.8 Å². The van der Waals surface area contributed by atoms with E-state index in [2.05, 4.69) is 4.74 Å². The van der Waals surface area contributed by atoms with Crippen LogP contribution in [0.15, 0.2) is 11.3 Å².